The first-order valence-corrected chi connectivity index (χ1v) is 17.2. The van der Waals surface area contributed by atoms with E-state index in [1.54, 1.807) is 0 Å². The largest absolute Gasteiger partial charge is 0.309 e. The maximum absolute atomic E-state index is 2.43. The quantitative estimate of drug-likeness (QED) is 0.178. The Hall–Kier alpha value is -6.64. The second-order valence-electron chi connectivity index (χ2n) is 13.0. The zero-order valence-corrected chi connectivity index (χ0v) is 27.4. The molecule has 2 nitrogen and oxygen atoms in total. The highest BCUT2D eigenvalue weighted by Gasteiger charge is 2.18. The summed E-state index contributed by atoms with van der Waals surface area (Å²) in [4.78, 5) is 0. The van der Waals surface area contributed by atoms with Crippen LogP contribution in [0.4, 0.5) is 0 Å². The van der Waals surface area contributed by atoms with E-state index in [2.05, 4.69) is 203 Å². The molecule has 0 aliphatic carbocycles. The molecule has 2 heteroatoms. The van der Waals surface area contributed by atoms with Crippen molar-refractivity contribution in [2.45, 2.75) is 0 Å². The lowest BCUT2D eigenvalue weighted by atomic mass is 9.98. The zero-order valence-electron chi connectivity index (χ0n) is 27.4. The van der Waals surface area contributed by atoms with Crippen molar-refractivity contribution < 1.29 is 0 Å². The fourth-order valence-electron chi connectivity index (χ4n) is 7.86. The van der Waals surface area contributed by atoms with Gasteiger partial charge in [0, 0.05) is 32.9 Å². The molecule has 0 unspecified atom stereocenters. The van der Waals surface area contributed by atoms with Gasteiger partial charge in [0.25, 0.3) is 0 Å². The fraction of sp³-hybridized carbons (Fsp3) is 0. The van der Waals surface area contributed by atoms with E-state index in [9.17, 15) is 0 Å². The van der Waals surface area contributed by atoms with Crippen molar-refractivity contribution in [3.05, 3.63) is 194 Å². The predicted molar refractivity (Wildman–Crippen MR) is 211 cm³/mol. The highest BCUT2D eigenvalue weighted by atomic mass is 15.0. The van der Waals surface area contributed by atoms with Crippen molar-refractivity contribution in [3.8, 4) is 44.8 Å². The summed E-state index contributed by atoms with van der Waals surface area (Å²) in [7, 11) is 0. The normalized spacial score (nSPS) is 11.6. The fourth-order valence-corrected chi connectivity index (χ4v) is 7.86. The third-order valence-electron chi connectivity index (χ3n) is 10.1. The summed E-state index contributed by atoms with van der Waals surface area (Å²) in [6.45, 7) is 0. The summed E-state index contributed by atoms with van der Waals surface area (Å²) in [5.74, 6) is 0. The third-order valence-corrected chi connectivity index (χ3v) is 10.1. The van der Waals surface area contributed by atoms with Crippen LogP contribution in [0, 0.1) is 0 Å². The van der Waals surface area contributed by atoms with Crippen LogP contribution in [0.5, 0.6) is 0 Å². The van der Waals surface area contributed by atoms with Crippen LogP contribution < -0.4 is 0 Å². The average molecular weight is 637 g/mol. The Balaban J connectivity index is 1.20. The van der Waals surface area contributed by atoms with Gasteiger partial charge in [0.1, 0.15) is 0 Å². The molecule has 8 aromatic carbocycles. The van der Waals surface area contributed by atoms with Crippen molar-refractivity contribution in [1.82, 2.24) is 9.13 Å². The maximum atomic E-state index is 2.43. The van der Waals surface area contributed by atoms with Crippen LogP contribution in [-0.2, 0) is 0 Å². The summed E-state index contributed by atoms with van der Waals surface area (Å²) < 4.78 is 4.85. The van der Waals surface area contributed by atoms with Crippen LogP contribution in [0.3, 0.4) is 0 Å². The van der Waals surface area contributed by atoms with Gasteiger partial charge >= 0.3 is 0 Å². The minimum Gasteiger partial charge on any atom is -0.309 e. The van der Waals surface area contributed by atoms with Gasteiger partial charge in [0.2, 0.25) is 0 Å². The summed E-state index contributed by atoms with van der Waals surface area (Å²) in [6, 6.07) is 70.4. The van der Waals surface area contributed by atoms with Gasteiger partial charge < -0.3 is 9.13 Å². The Morgan fingerprint density at radius 1 is 0.260 bits per heavy atom. The van der Waals surface area contributed by atoms with Crippen molar-refractivity contribution in [2.75, 3.05) is 0 Å². The number of benzene rings is 8. The molecule has 0 spiro atoms. The molecule has 0 bridgehead atoms. The molecule has 0 amide bonds. The lowest BCUT2D eigenvalue weighted by molar-refractivity contribution is 1.18. The van der Waals surface area contributed by atoms with Gasteiger partial charge in [0.05, 0.1) is 22.1 Å². The maximum Gasteiger partial charge on any atom is 0.0547 e. The van der Waals surface area contributed by atoms with Crippen LogP contribution >= 0.6 is 0 Å². The van der Waals surface area contributed by atoms with E-state index in [-0.39, 0.29) is 0 Å². The van der Waals surface area contributed by atoms with Gasteiger partial charge in [-0.15, -0.1) is 0 Å². The van der Waals surface area contributed by atoms with Crippen LogP contribution in [0.2, 0.25) is 0 Å². The molecular weight excluding hydrogens is 605 g/mol. The molecule has 0 aliphatic heterocycles. The summed E-state index contributed by atoms with van der Waals surface area (Å²) in [5, 5.41) is 5.02. The number of nitrogens with zero attached hydrogens (tertiary/aromatic N) is 2. The van der Waals surface area contributed by atoms with Crippen LogP contribution in [0.15, 0.2) is 194 Å². The smallest absolute Gasteiger partial charge is 0.0547 e. The van der Waals surface area contributed by atoms with Crippen molar-refractivity contribution in [2.24, 2.45) is 0 Å². The van der Waals surface area contributed by atoms with E-state index in [0.29, 0.717) is 0 Å². The van der Waals surface area contributed by atoms with E-state index < -0.39 is 0 Å². The van der Waals surface area contributed by atoms with E-state index in [1.807, 2.05) is 0 Å². The molecule has 0 radical (unpaired) electrons. The van der Waals surface area contributed by atoms with Gasteiger partial charge in [-0.2, -0.15) is 0 Å². The number of aromatic nitrogens is 2. The van der Waals surface area contributed by atoms with Gasteiger partial charge in [-0.25, -0.2) is 0 Å². The zero-order chi connectivity index (χ0) is 33.0. The average Bonchev–Trinajstić information content (AvgIpc) is 3.71. The molecule has 0 saturated heterocycles. The predicted octanol–water partition coefficient (Wildman–Crippen LogP) is 12.9. The monoisotopic (exact) mass is 636 g/mol. The van der Waals surface area contributed by atoms with Gasteiger partial charge in [-0.05, 0) is 81.9 Å². The minimum absolute atomic E-state index is 1.16. The molecule has 234 valence electrons. The first-order chi connectivity index (χ1) is 24.8. The standard InChI is InChI=1S/C48H32N2/c1-3-14-33(15-4-1)35-18-11-20-38(30-35)49-45-26-10-8-23-43(45)48-40(24-13-27-46(48)49)37-28-29-42-41-22-7-9-25-44(41)50(47(42)32-37)39-21-12-19-36(31-39)34-16-5-2-6-17-34/h1-32H. The number of hydrogen-bond donors (Lipinski definition) is 0. The Kier molecular flexibility index (Phi) is 6.53. The highest BCUT2D eigenvalue weighted by Crippen LogP contribution is 2.41. The second-order valence-corrected chi connectivity index (χ2v) is 13.0. The van der Waals surface area contributed by atoms with Crippen molar-refractivity contribution in [3.63, 3.8) is 0 Å². The third kappa shape index (κ3) is 4.50. The Labute approximate surface area is 290 Å². The Morgan fingerprint density at radius 3 is 1.40 bits per heavy atom. The lowest BCUT2D eigenvalue weighted by Gasteiger charge is -2.12. The summed E-state index contributed by atoms with van der Waals surface area (Å²) >= 11 is 0. The van der Waals surface area contributed by atoms with Gasteiger partial charge in [-0.1, -0.05) is 146 Å². The molecule has 2 heterocycles. The molecule has 0 saturated carbocycles. The van der Waals surface area contributed by atoms with E-state index >= 15 is 0 Å². The topological polar surface area (TPSA) is 9.86 Å². The molecule has 50 heavy (non-hydrogen) atoms. The molecule has 10 aromatic rings. The number of fused-ring (bicyclic) bond motifs is 6. The minimum atomic E-state index is 1.16. The molecule has 10 rings (SSSR count). The van der Waals surface area contributed by atoms with Gasteiger partial charge in [0.15, 0.2) is 0 Å². The lowest BCUT2D eigenvalue weighted by Crippen LogP contribution is -1.95. The summed E-state index contributed by atoms with van der Waals surface area (Å²) in [5.41, 5.74) is 14.4. The molecule has 0 fully saturated rings. The van der Waals surface area contributed by atoms with E-state index in [1.165, 1.54) is 77.0 Å². The highest BCUT2D eigenvalue weighted by molar-refractivity contribution is 6.17. The number of para-hydroxylation sites is 2. The molecular formula is C48H32N2. The SMILES string of the molecule is c1ccc(-c2cccc(-n3c4ccccc4c4ccc(-c5cccc6c5c5ccccc5n6-c5cccc(-c6ccccc6)c5)cc43)c2)cc1. The van der Waals surface area contributed by atoms with Gasteiger partial charge in [-0.3, -0.25) is 0 Å². The van der Waals surface area contributed by atoms with E-state index in [4.69, 9.17) is 0 Å². The Bertz CT molecular complexity index is 2860. The Morgan fingerprint density at radius 2 is 0.740 bits per heavy atom. The van der Waals surface area contributed by atoms with E-state index in [0.717, 1.165) is 11.4 Å². The number of rotatable bonds is 5. The first kappa shape index (κ1) is 28.4. The molecule has 0 atom stereocenters. The summed E-state index contributed by atoms with van der Waals surface area (Å²) in [6.07, 6.45) is 0. The second kappa shape index (κ2) is 11.5. The van der Waals surface area contributed by atoms with Crippen LogP contribution in [-0.4, -0.2) is 9.13 Å². The molecule has 2 aromatic heterocycles. The molecule has 0 aliphatic rings. The molecule has 0 N–H and O–H groups in total. The van der Waals surface area contributed by atoms with Crippen molar-refractivity contribution in [1.29, 1.82) is 0 Å². The van der Waals surface area contributed by atoms with Crippen LogP contribution in [0.25, 0.3) is 88.4 Å². The van der Waals surface area contributed by atoms with Crippen molar-refractivity contribution >= 4 is 43.6 Å². The van der Waals surface area contributed by atoms with Crippen LogP contribution in [0.1, 0.15) is 0 Å². The first-order valence-electron chi connectivity index (χ1n) is 17.2. The number of hydrogen-bond acceptors (Lipinski definition) is 0.